The molecule has 0 fully saturated rings. The molecule has 0 atom stereocenters. The van der Waals surface area contributed by atoms with E-state index in [2.05, 4.69) is 26.7 Å². The van der Waals surface area contributed by atoms with Gasteiger partial charge >= 0.3 is 0 Å². The van der Waals surface area contributed by atoms with Crippen molar-refractivity contribution in [2.75, 3.05) is 10.6 Å². The van der Waals surface area contributed by atoms with Gasteiger partial charge in [-0.05, 0) is 54.8 Å². The van der Waals surface area contributed by atoms with Gasteiger partial charge in [0.1, 0.15) is 5.75 Å². The Balaban J connectivity index is 1.64. The van der Waals surface area contributed by atoms with Gasteiger partial charge in [0.05, 0.1) is 22.2 Å². The highest BCUT2D eigenvalue weighted by molar-refractivity contribution is 7.13. The number of anilines is 3. The lowest BCUT2D eigenvalue weighted by Crippen LogP contribution is -2.07. The van der Waals surface area contributed by atoms with E-state index in [0.717, 1.165) is 4.88 Å². The first-order valence-electron chi connectivity index (χ1n) is 10.0. The second-order valence-electron chi connectivity index (χ2n) is 6.83. The summed E-state index contributed by atoms with van der Waals surface area (Å²) in [6, 6.07) is 21.9. The van der Waals surface area contributed by atoms with Gasteiger partial charge in [-0.3, -0.25) is 4.79 Å². The van der Waals surface area contributed by atoms with Gasteiger partial charge in [0, 0.05) is 23.5 Å². The molecule has 0 saturated carbocycles. The third-order valence-corrected chi connectivity index (χ3v) is 5.26. The van der Waals surface area contributed by atoms with Gasteiger partial charge in [-0.2, -0.15) is 10.2 Å². The molecular weight excluding hydrogens is 434 g/mol. The Morgan fingerprint density at radius 1 is 1.06 bits per heavy atom. The summed E-state index contributed by atoms with van der Waals surface area (Å²) in [5.74, 6) is 0.970. The molecule has 4 aromatic rings. The average Bonchev–Trinajstić information content (AvgIpc) is 3.35. The Hall–Kier alpha value is -4.48. The van der Waals surface area contributed by atoms with Crippen molar-refractivity contribution in [3.05, 3.63) is 89.8 Å². The summed E-state index contributed by atoms with van der Waals surface area (Å²) >= 11 is 1.56. The molecule has 4 rings (SSSR count). The lowest BCUT2D eigenvalue weighted by atomic mass is 10.2. The van der Waals surface area contributed by atoms with Gasteiger partial charge in [0.2, 0.25) is 17.7 Å². The maximum atomic E-state index is 11.8. The van der Waals surface area contributed by atoms with Crippen LogP contribution in [0.5, 0.6) is 11.6 Å². The fourth-order valence-electron chi connectivity index (χ4n) is 2.97. The standard InChI is InChI=1S/C25H19N5O2S/c1-2-6-23(31)27-19-9-4-10-20(14-19)32-24-15-21(22-11-5-12-33-22)29-25(30-24)28-18-8-3-7-17(13-18)16-26/h2-15H,1H3,(H,27,31)(H,28,29,30)/b6-2+. The number of hydrogen-bond donors (Lipinski definition) is 2. The van der Waals surface area contributed by atoms with Crippen molar-refractivity contribution in [1.29, 1.82) is 5.26 Å². The molecule has 0 radical (unpaired) electrons. The molecule has 0 aliphatic heterocycles. The minimum Gasteiger partial charge on any atom is -0.439 e. The zero-order chi connectivity index (χ0) is 23.0. The third-order valence-electron chi connectivity index (χ3n) is 4.37. The van der Waals surface area contributed by atoms with Crippen LogP contribution in [-0.4, -0.2) is 15.9 Å². The van der Waals surface area contributed by atoms with Crippen LogP contribution in [0.2, 0.25) is 0 Å². The summed E-state index contributed by atoms with van der Waals surface area (Å²) in [5.41, 5.74) is 2.53. The lowest BCUT2D eigenvalue weighted by Gasteiger charge is -2.11. The Morgan fingerprint density at radius 2 is 1.91 bits per heavy atom. The first-order valence-corrected chi connectivity index (χ1v) is 10.9. The molecular formula is C25H19N5O2S. The van der Waals surface area contributed by atoms with E-state index in [1.165, 1.54) is 6.08 Å². The van der Waals surface area contributed by atoms with Crippen molar-refractivity contribution >= 4 is 34.6 Å². The van der Waals surface area contributed by atoms with Crippen molar-refractivity contribution in [2.45, 2.75) is 6.92 Å². The Morgan fingerprint density at radius 3 is 2.70 bits per heavy atom. The molecule has 0 aliphatic rings. The van der Waals surface area contributed by atoms with Crippen LogP contribution in [0.3, 0.4) is 0 Å². The summed E-state index contributed by atoms with van der Waals surface area (Å²) in [4.78, 5) is 21.9. The van der Waals surface area contributed by atoms with Crippen LogP contribution in [0.25, 0.3) is 10.6 Å². The predicted molar refractivity (Wildman–Crippen MR) is 130 cm³/mol. The molecule has 0 saturated heterocycles. The van der Waals surface area contributed by atoms with Gasteiger partial charge < -0.3 is 15.4 Å². The molecule has 0 spiro atoms. The molecule has 0 bridgehead atoms. The van der Waals surface area contributed by atoms with Crippen LogP contribution in [-0.2, 0) is 4.79 Å². The second-order valence-corrected chi connectivity index (χ2v) is 7.78. The Labute approximate surface area is 195 Å². The molecule has 2 N–H and O–H groups in total. The maximum absolute atomic E-state index is 11.8. The number of nitrogens with zero attached hydrogens (tertiary/aromatic N) is 3. The van der Waals surface area contributed by atoms with Crippen LogP contribution < -0.4 is 15.4 Å². The van der Waals surface area contributed by atoms with Gasteiger partial charge in [-0.25, -0.2) is 4.98 Å². The average molecular weight is 454 g/mol. The number of nitrogens with one attached hydrogen (secondary N) is 2. The van der Waals surface area contributed by atoms with Crippen molar-refractivity contribution in [2.24, 2.45) is 0 Å². The minimum absolute atomic E-state index is 0.220. The molecule has 2 aromatic carbocycles. The smallest absolute Gasteiger partial charge is 0.248 e. The number of nitriles is 1. The Kier molecular flexibility index (Phi) is 6.73. The molecule has 0 aliphatic carbocycles. The zero-order valence-corrected chi connectivity index (χ0v) is 18.5. The van der Waals surface area contributed by atoms with Crippen molar-refractivity contribution in [3.63, 3.8) is 0 Å². The summed E-state index contributed by atoms with van der Waals surface area (Å²) < 4.78 is 6.01. The van der Waals surface area contributed by atoms with Gasteiger partial charge in [-0.1, -0.05) is 24.3 Å². The number of rotatable bonds is 7. The second kappa shape index (κ2) is 10.2. The first kappa shape index (κ1) is 21.7. The topological polar surface area (TPSA) is 99.9 Å². The molecule has 7 nitrogen and oxygen atoms in total. The maximum Gasteiger partial charge on any atom is 0.248 e. The summed E-state index contributed by atoms with van der Waals surface area (Å²) in [5, 5.41) is 17.1. The number of amides is 1. The monoisotopic (exact) mass is 453 g/mol. The summed E-state index contributed by atoms with van der Waals surface area (Å²) in [6.45, 7) is 1.78. The summed E-state index contributed by atoms with van der Waals surface area (Å²) in [7, 11) is 0. The van der Waals surface area contributed by atoms with Gasteiger partial charge in [0.25, 0.3) is 0 Å². The number of thiophene rings is 1. The fourth-order valence-corrected chi connectivity index (χ4v) is 3.66. The van der Waals surface area contributed by atoms with Crippen molar-refractivity contribution < 1.29 is 9.53 Å². The summed E-state index contributed by atoms with van der Waals surface area (Å²) in [6.07, 6.45) is 3.12. The third kappa shape index (κ3) is 5.81. The molecule has 8 heteroatoms. The van der Waals surface area contributed by atoms with Gasteiger partial charge in [-0.15, -0.1) is 11.3 Å². The number of ether oxygens (including phenoxy) is 1. The van der Waals surface area contributed by atoms with E-state index in [4.69, 9.17) is 10.00 Å². The van der Waals surface area contributed by atoms with E-state index in [0.29, 0.717) is 40.2 Å². The lowest BCUT2D eigenvalue weighted by molar-refractivity contribution is -0.111. The van der Waals surface area contributed by atoms with E-state index < -0.39 is 0 Å². The van der Waals surface area contributed by atoms with Crippen molar-refractivity contribution in [3.8, 4) is 28.3 Å². The largest absolute Gasteiger partial charge is 0.439 e. The first-order chi connectivity index (χ1) is 16.1. The van der Waals surface area contributed by atoms with Crippen LogP contribution in [0.4, 0.5) is 17.3 Å². The predicted octanol–water partition coefficient (Wildman–Crippen LogP) is 6.13. The van der Waals surface area contributed by atoms with E-state index in [1.807, 2.05) is 23.6 Å². The molecule has 162 valence electrons. The number of carbonyl (C=O) groups is 1. The number of allylic oxidation sites excluding steroid dienone is 1. The zero-order valence-electron chi connectivity index (χ0n) is 17.6. The van der Waals surface area contributed by atoms with Crippen LogP contribution >= 0.6 is 11.3 Å². The highest BCUT2D eigenvalue weighted by atomic mass is 32.1. The number of hydrogen-bond acceptors (Lipinski definition) is 7. The van der Waals surface area contributed by atoms with Crippen LogP contribution in [0.15, 0.2) is 84.3 Å². The van der Waals surface area contributed by atoms with Crippen LogP contribution in [0.1, 0.15) is 12.5 Å². The van der Waals surface area contributed by atoms with E-state index in [9.17, 15) is 4.79 Å². The highest BCUT2D eigenvalue weighted by Crippen LogP contribution is 2.30. The molecule has 2 aromatic heterocycles. The van der Waals surface area contributed by atoms with E-state index in [-0.39, 0.29) is 5.91 Å². The molecule has 2 heterocycles. The van der Waals surface area contributed by atoms with E-state index in [1.54, 1.807) is 72.9 Å². The minimum atomic E-state index is -0.220. The fraction of sp³-hybridized carbons (Fsp3) is 0.0400. The number of carbonyl (C=O) groups excluding carboxylic acids is 1. The van der Waals surface area contributed by atoms with E-state index >= 15 is 0 Å². The quantitative estimate of drug-likeness (QED) is 0.327. The number of aromatic nitrogens is 2. The molecule has 33 heavy (non-hydrogen) atoms. The molecule has 1 amide bonds. The number of benzene rings is 2. The SMILES string of the molecule is C/C=C/C(=O)Nc1cccc(Oc2cc(-c3cccs3)nc(Nc3cccc(C#N)c3)n2)c1. The van der Waals surface area contributed by atoms with Crippen molar-refractivity contribution in [1.82, 2.24) is 9.97 Å². The van der Waals surface area contributed by atoms with Crippen LogP contribution in [0, 0.1) is 11.3 Å². The normalized spacial score (nSPS) is 10.5. The van der Waals surface area contributed by atoms with Gasteiger partial charge in [0.15, 0.2) is 0 Å². The highest BCUT2D eigenvalue weighted by Gasteiger charge is 2.11. The molecule has 0 unspecified atom stereocenters. The Bertz CT molecular complexity index is 1340.